The number of nitrogens with one attached hydrogen (secondary N) is 1. The summed E-state index contributed by atoms with van der Waals surface area (Å²) in [4.78, 5) is 13.0. The summed E-state index contributed by atoms with van der Waals surface area (Å²) in [6.07, 6.45) is 0. The number of carbonyl (C=O) groups excluding carboxylic acids is 1. The van der Waals surface area contributed by atoms with Gasteiger partial charge in [-0.05, 0) is 20.8 Å². The van der Waals surface area contributed by atoms with Crippen LogP contribution < -0.4 is 11.1 Å². The summed E-state index contributed by atoms with van der Waals surface area (Å²) >= 11 is 0. The van der Waals surface area contributed by atoms with Crippen LogP contribution >= 0.6 is 0 Å². The van der Waals surface area contributed by atoms with Gasteiger partial charge in [-0.15, -0.1) is 0 Å². The molecule has 1 aliphatic heterocycles. The summed E-state index contributed by atoms with van der Waals surface area (Å²) in [6.45, 7) is 7.15. The number of hydrogen-bond donors (Lipinski definition) is 2. The second-order valence-corrected chi connectivity index (χ2v) is 4.11. The van der Waals surface area contributed by atoms with Gasteiger partial charge in [0, 0.05) is 24.7 Å². The zero-order valence-corrected chi connectivity index (χ0v) is 7.92. The highest BCUT2D eigenvalue weighted by Crippen LogP contribution is 2.16. The van der Waals surface area contributed by atoms with E-state index < -0.39 is 0 Å². The number of amides is 2. The van der Waals surface area contributed by atoms with Crippen molar-refractivity contribution in [2.75, 3.05) is 13.1 Å². The SMILES string of the molecule is CC(C)NC(=O)N1CC(C)(N)C1. The fourth-order valence-electron chi connectivity index (χ4n) is 1.31. The van der Waals surface area contributed by atoms with Gasteiger partial charge >= 0.3 is 6.03 Å². The molecule has 0 aliphatic carbocycles. The average molecular weight is 171 g/mol. The van der Waals surface area contributed by atoms with Gasteiger partial charge in [-0.25, -0.2) is 4.79 Å². The maximum atomic E-state index is 11.3. The summed E-state index contributed by atoms with van der Waals surface area (Å²) < 4.78 is 0. The van der Waals surface area contributed by atoms with E-state index in [0.717, 1.165) is 0 Å². The molecule has 3 N–H and O–H groups in total. The first kappa shape index (κ1) is 9.32. The van der Waals surface area contributed by atoms with Crippen molar-refractivity contribution in [2.45, 2.75) is 32.4 Å². The summed E-state index contributed by atoms with van der Waals surface area (Å²) in [5, 5.41) is 2.81. The Morgan fingerprint density at radius 1 is 1.58 bits per heavy atom. The number of urea groups is 1. The van der Waals surface area contributed by atoms with Crippen LogP contribution in [0, 0.1) is 0 Å². The zero-order valence-electron chi connectivity index (χ0n) is 7.92. The minimum absolute atomic E-state index is 0.00655. The van der Waals surface area contributed by atoms with E-state index in [-0.39, 0.29) is 17.6 Å². The molecule has 0 saturated carbocycles. The van der Waals surface area contributed by atoms with Crippen molar-refractivity contribution >= 4 is 6.03 Å². The van der Waals surface area contributed by atoms with Crippen molar-refractivity contribution in [1.29, 1.82) is 0 Å². The molecule has 0 bridgehead atoms. The average Bonchev–Trinajstić information content (AvgIpc) is 1.80. The standard InChI is InChI=1S/C8H17N3O/c1-6(2)10-7(12)11-4-8(3,9)5-11/h6H,4-5,9H2,1-3H3,(H,10,12). The number of nitrogens with two attached hydrogens (primary N) is 1. The highest BCUT2D eigenvalue weighted by atomic mass is 16.2. The first-order valence-corrected chi connectivity index (χ1v) is 4.25. The van der Waals surface area contributed by atoms with E-state index in [9.17, 15) is 4.79 Å². The minimum atomic E-state index is -0.172. The molecule has 1 saturated heterocycles. The van der Waals surface area contributed by atoms with Gasteiger partial charge in [0.05, 0.1) is 0 Å². The lowest BCUT2D eigenvalue weighted by Gasteiger charge is -2.45. The third-order valence-corrected chi connectivity index (χ3v) is 1.80. The van der Waals surface area contributed by atoms with Gasteiger partial charge in [0.15, 0.2) is 0 Å². The predicted octanol–water partition coefficient (Wildman–Crippen LogP) is 0.137. The van der Waals surface area contributed by atoms with Gasteiger partial charge in [-0.1, -0.05) is 0 Å². The molecular formula is C8H17N3O. The normalized spacial score (nSPS) is 20.6. The number of hydrogen-bond acceptors (Lipinski definition) is 2. The van der Waals surface area contributed by atoms with Gasteiger partial charge < -0.3 is 16.0 Å². The number of likely N-dealkylation sites (tertiary alicyclic amines) is 1. The van der Waals surface area contributed by atoms with Crippen LogP contribution in [0.2, 0.25) is 0 Å². The number of carbonyl (C=O) groups is 1. The van der Waals surface area contributed by atoms with Gasteiger partial charge in [-0.2, -0.15) is 0 Å². The van der Waals surface area contributed by atoms with Gasteiger partial charge in [0.1, 0.15) is 0 Å². The van der Waals surface area contributed by atoms with Gasteiger partial charge in [0.25, 0.3) is 0 Å². The molecule has 70 valence electrons. The maximum absolute atomic E-state index is 11.3. The molecular weight excluding hydrogens is 154 g/mol. The van der Waals surface area contributed by atoms with Crippen molar-refractivity contribution < 1.29 is 4.79 Å². The van der Waals surface area contributed by atoms with Crippen LogP contribution in [0.4, 0.5) is 4.79 Å². The van der Waals surface area contributed by atoms with E-state index in [0.29, 0.717) is 13.1 Å². The molecule has 12 heavy (non-hydrogen) atoms. The van der Waals surface area contributed by atoms with E-state index >= 15 is 0 Å². The second kappa shape index (κ2) is 2.94. The highest BCUT2D eigenvalue weighted by molar-refractivity contribution is 5.75. The Kier molecular flexibility index (Phi) is 2.28. The number of nitrogens with zero attached hydrogens (tertiary/aromatic N) is 1. The van der Waals surface area contributed by atoms with Crippen molar-refractivity contribution in [3.8, 4) is 0 Å². The highest BCUT2D eigenvalue weighted by Gasteiger charge is 2.37. The molecule has 0 aromatic heterocycles. The van der Waals surface area contributed by atoms with Gasteiger partial charge in [0.2, 0.25) is 0 Å². The Hall–Kier alpha value is -0.770. The molecule has 0 spiro atoms. The third-order valence-electron chi connectivity index (χ3n) is 1.80. The van der Waals surface area contributed by atoms with Gasteiger partial charge in [-0.3, -0.25) is 0 Å². The molecule has 0 unspecified atom stereocenters. The summed E-state index contributed by atoms with van der Waals surface area (Å²) in [5.41, 5.74) is 5.59. The van der Waals surface area contributed by atoms with Crippen LogP contribution in [0.3, 0.4) is 0 Å². The Morgan fingerprint density at radius 2 is 2.08 bits per heavy atom. The Bertz CT molecular complexity index is 181. The third kappa shape index (κ3) is 2.11. The first-order valence-electron chi connectivity index (χ1n) is 4.25. The fourth-order valence-corrected chi connectivity index (χ4v) is 1.31. The summed E-state index contributed by atoms with van der Waals surface area (Å²) in [6, 6.07) is 0.190. The van der Waals surface area contributed by atoms with Crippen LogP contribution in [-0.2, 0) is 0 Å². The first-order chi connectivity index (χ1) is 5.41. The molecule has 1 fully saturated rings. The Morgan fingerprint density at radius 3 is 2.42 bits per heavy atom. The predicted molar refractivity (Wildman–Crippen MR) is 47.8 cm³/mol. The van der Waals surface area contributed by atoms with Crippen molar-refractivity contribution in [1.82, 2.24) is 10.2 Å². The molecule has 1 heterocycles. The smallest absolute Gasteiger partial charge is 0.317 e. The van der Waals surface area contributed by atoms with Crippen molar-refractivity contribution in [3.63, 3.8) is 0 Å². The van der Waals surface area contributed by atoms with Crippen LogP contribution in [0.25, 0.3) is 0 Å². The molecule has 0 radical (unpaired) electrons. The molecule has 0 aromatic rings. The maximum Gasteiger partial charge on any atom is 0.317 e. The van der Waals surface area contributed by atoms with E-state index in [2.05, 4.69) is 5.32 Å². The zero-order chi connectivity index (χ0) is 9.35. The minimum Gasteiger partial charge on any atom is -0.336 e. The largest absolute Gasteiger partial charge is 0.336 e. The van der Waals surface area contributed by atoms with E-state index in [4.69, 9.17) is 5.73 Å². The summed E-state index contributed by atoms with van der Waals surface area (Å²) in [5.74, 6) is 0. The van der Waals surface area contributed by atoms with Crippen molar-refractivity contribution in [2.24, 2.45) is 5.73 Å². The lowest BCUT2D eigenvalue weighted by Crippen LogP contribution is -2.68. The van der Waals surface area contributed by atoms with Crippen LogP contribution in [0.5, 0.6) is 0 Å². The van der Waals surface area contributed by atoms with Crippen LogP contribution in [-0.4, -0.2) is 35.6 Å². The molecule has 4 nitrogen and oxygen atoms in total. The number of rotatable bonds is 1. The van der Waals surface area contributed by atoms with Crippen LogP contribution in [0.15, 0.2) is 0 Å². The van der Waals surface area contributed by atoms with Crippen molar-refractivity contribution in [3.05, 3.63) is 0 Å². The monoisotopic (exact) mass is 171 g/mol. The lowest BCUT2D eigenvalue weighted by atomic mass is 9.94. The van der Waals surface area contributed by atoms with E-state index in [1.807, 2.05) is 20.8 Å². The molecule has 4 heteroatoms. The quantitative estimate of drug-likeness (QED) is 0.589. The Labute approximate surface area is 73.1 Å². The molecule has 1 rings (SSSR count). The topological polar surface area (TPSA) is 58.4 Å². The van der Waals surface area contributed by atoms with E-state index in [1.54, 1.807) is 4.90 Å². The molecule has 2 amide bonds. The molecule has 0 atom stereocenters. The van der Waals surface area contributed by atoms with E-state index in [1.165, 1.54) is 0 Å². The Balaban J connectivity index is 2.29. The lowest BCUT2D eigenvalue weighted by molar-refractivity contribution is 0.106. The summed E-state index contributed by atoms with van der Waals surface area (Å²) in [7, 11) is 0. The molecule has 0 aromatic carbocycles. The van der Waals surface area contributed by atoms with Crippen LogP contribution in [0.1, 0.15) is 20.8 Å². The second-order valence-electron chi connectivity index (χ2n) is 4.11. The fraction of sp³-hybridized carbons (Fsp3) is 0.875. The molecule has 1 aliphatic rings.